The molecule has 2 aliphatic heterocycles. The first-order valence-corrected chi connectivity index (χ1v) is 7.17. The number of rotatable bonds is 2. The predicted molar refractivity (Wildman–Crippen MR) is 69.5 cm³/mol. The zero-order valence-electron chi connectivity index (χ0n) is 11.9. The summed E-state index contributed by atoms with van der Waals surface area (Å²) in [5.41, 5.74) is 0. The van der Waals surface area contributed by atoms with E-state index in [1.54, 1.807) is 7.05 Å². The van der Waals surface area contributed by atoms with Crippen LogP contribution in [-0.4, -0.2) is 66.6 Å². The number of hydrogen-bond acceptors (Lipinski definition) is 3. The Morgan fingerprint density at radius 1 is 1.24 bits per heavy atom. The summed E-state index contributed by atoms with van der Waals surface area (Å²) < 4.78 is 37.7. The number of likely N-dealkylation sites (tertiary alicyclic amines) is 1. The molecule has 2 rings (SSSR count). The van der Waals surface area contributed by atoms with Crippen LogP contribution in [0.4, 0.5) is 13.2 Å². The lowest BCUT2D eigenvalue weighted by Gasteiger charge is -2.35. The standard InChI is InChI=1S/C13H20F3N3O2/c1-18(9-4-2-6-17-8-9)11(20)10-5-3-7-19(10)12(21)13(14,15)16/h9-10,17H,2-8H2,1H3. The summed E-state index contributed by atoms with van der Waals surface area (Å²) in [7, 11) is 1.61. The maximum Gasteiger partial charge on any atom is 0.471 e. The Balaban J connectivity index is 2.05. The smallest absolute Gasteiger partial charge is 0.340 e. The maximum atomic E-state index is 12.6. The van der Waals surface area contributed by atoms with Crippen LogP contribution < -0.4 is 5.32 Å². The number of likely N-dealkylation sites (N-methyl/N-ethyl adjacent to an activating group) is 1. The monoisotopic (exact) mass is 307 g/mol. The van der Waals surface area contributed by atoms with Crippen molar-refractivity contribution in [2.45, 2.75) is 43.9 Å². The van der Waals surface area contributed by atoms with E-state index in [0.717, 1.165) is 19.4 Å². The van der Waals surface area contributed by atoms with Crippen molar-refractivity contribution in [3.63, 3.8) is 0 Å². The van der Waals surface area contributed by atoms with Gasteiger partial charge in [0.25, 0.3) is 0 Å². The molecule has 8 heteroatoms. The fraction of sp³-hybridized carbons (Fsp3) is 0.846. The van der Waals surface area contributed by atoms with Crippen LogP contribution in [-0.2, 0) is 9.59 Å². The Morgan fingerprint density at radius 3 is 2.52 bits per heavy atom. The SMILES string of the molecule is CN(C(=O)C1CCCN1C(=O)C(F)(F)F)C1CCCNC1. The molecule has 2 fully saturated rings. The van der Waals surface area contributed by atoms with Crippen molar-refractivity contribution in [2.75, 3.05) is 26.7 Å². The fourth-order valence-electron chi connectivity index (χ4n) is 3.01. The molecule has 5 nitrogen and oxygen atoms in total. The number of piperidine rings is 1. The Morgan fingerprint density at radius 2 is 1.95 bits per heavy atom. The number of hydrogen-bond donors (Lipinski definition) is 1. The summed E-state index contributed by atoms with van der Waals surface area (Å²) in [4.78, 5) is 26.0. The molecule has 21 heavy (non-hydrogen) atoms. The molecular weight excluding hydrogens is 287 g/mol. The molecule has 0 aromatic carbocycles. The highest BCUT2D eigenvalue weighted by atomic mass is 19.4. The van der Waals surface area contributed by atoms with Crippen molar-refractivity contribution in [1.29, 1.82) is 0 Å². The second kappa shape index (κ2) is 6.21. The number of alkyl halides is 3. The van der Waals surface area contributed by atoms with E-state index < -0.39 is 18.1 Å². The van der Waals surface area contributed by atoms with Crippen LogP contribution in [0.15, 0.2) is 0 Å². The summed E-state index contributed by atoms with van der Waals surface area (Å²) in [6.45, 7) is 1.52. The maximum absolute atomic E-state index is 12.6. The van der Waals surface area contributed by atoms with Crippen LogP contribution >= 0.6 is 0 Å². The zero-order valence-corrected chi connectivity index (χ0v) is 11.9. The first-order valence-electron chi connectivity index (χ1n) is 7.17. The van der Waals surface area contributed by atoms with Crippen LogP contribution in [0.25, 0.3) is 0 Å². The quantitative estimate of drug-likeness (QED) is 0.819. The van der Waals surface area contributed by atoms with Gasteiger partial charge >= 0.3 is 12.1 Å². The summed E-state index contributed by atoms with van der Waals surface area (Å²) in [6, 6.07) is -0.999. The molecule has 2 aliphatic rings. The third kappa shape index (κ3) is 3.48. The summed E-state index contributed by atoms with van der Waals surface area (Å²) in [5.74, 6) is -2.30. The average Bonchev–Trinajstić information content (AvgIpc) is 2.94. The molecule has 0 aromatic rings. The molecule has 2 atom stereocenters. The highest BCUT2D eigenvalue weighted by Gasteiger charge is 2.48. The number of carbonyl (C=O) groups excluding carboxylic acids is 2. The van der Waals surface area contributed by atoms with E-state index in [1.807, 2.05) is 0 Å². The van der Waals surface area contributed by atoms with Crippen LogP contribution in [0.5, 0.6) is 0 Å². The van der Waals surface area contributed by atoms with Crippen molar-refractivity contribution in [3.8, 4) is 0 Å². The van der Waals surface area contributed by atoms with Gasteiger partial charge < -0.3 is 15.1 Å². The molecule has 0 aliphatic carbocycles. The minimum atomic E-state index is -4.92. The average molecular weight is 307 g/mol. The first kappa shape index (κ1) is 16.1. The Kier molecular flexibility index (Phi) is 4.75. The van der Waals surface area contributed by atoms with Gasteiger partial charge in [0.15, 0.2) is 0 Å². The molecule has 120 valence electrons. The van der Waals surface area contributed by atoms with E-state index in [9.17, 15) is 22.8 Å². The largest absolute Gasteiger partial charge is 0.471 e. The van der Waals surface area contributed by atoms with Gasteiger partial charge in [-0.25, -0.2) is 0 Å². The second-order valence-corrected chi connectivity index (χ2v) is 5.60. The van der Waals surface area contributed by atoms with Gasteiger partial charge in [0, 0.05) is 26.2 Å². The van der Waals surface area contributed by atoms with E-state index in [0.29, 0.717) is 24.3 Å². The fourth-order valence-corrected chi connectivity index (χ4v) is 3.01. The lowest BCUT2D eigenvalue weighted by atomic mass is 10.0. The van der Waals surface area contributed by atoms with Gasteiger partial charge in [-0.1, -0.05) is 0 Å². The Hall–Kier alpha value is -1.31. The topological polar surface area (TPSA) is 52.7 Å². The van der Waals surface area contributed by atoms with Gasteiger partial charge in [0.2, 0.25) is 5.91 Å². The molecule has 2 amide bonds. The predicted octanol–water partition coefficient (Wildman–Crippen LogP) is 0.750. The van der Waals surface area contributed by atoms with E-state index in [-0.39, 0.29) is 18.5 Å². The lowest BCUT2D eigenvalue weighted by molar-refractivity contribution is -0.187. The van der Waals surface area contributed by atoms with Gasteiger partial charge in [-0.15, -0.1) is 0 Å². The van der Waals surface area contributed by atoms with Gasteiger partial charge in [-0.05, 0) is 32.2 Å². The number of nitrogens with one attached hydrogen (secondary N) is 1. The Bertz CT molecular complexity index is 408. The highest BCUT2D eigenvalue weighted by Crippen LogP contribution is 2.27. The molecule has 2 unspecified atom stereocenters. The highest BCUT2D eigenvalue weighted by molar-refractivity contribution is 5.90. The van der Waals surface area contributed by atoms with Crippen molar-refractivity contribution in [1.82, 2.24) is 15.1 Å². The molecule has 0 saturated carbocycles. The van der Waals surface area contributed by atoms with Crippen molar-refractivity contribution in [3.05, 3.63) is 0 Å². The summed E-state index contributed by atoms with van der Waals surface area (Å²) >= 11 is 0. The van der Waals surface area contributed by atoms with E-state index in [4.69, 9.17) is 0 Å². The summed E-state index contributed by atoms with van der Waals surface area (Å²) in [6.07, 6.45) is -2.44. The normalized spacial score (nSPS) is 26.8. The molecule has 0 radical (unpaired) electrons. The third-order valence-electron chi connectivity index (χ3n) is 4.21. The van der Waals surface area contributed by atoms with E-state index in [1.165, 1.54) is 4.90 Å². The van der Waals surface area contributed by atoms with Crippen molar-refractivity contribution < 1.29 is 22.8 Å². The number of amides is 2. The molecule has 0 aromatic heterocycles. The van der Waals surface area contributed by atoms with Crippen LogP contribution in [0.1, 0.15) is 25.7 Å². The molecule has 1 N–H and O–H groups in total. The van der Waals surface area contributed by atoms with Crippen LogP contribution in [0.3, 0.4) is 0 Å². The third-order valence-corrected chi connectivity index (χ3v) is 4.21. The van der Waals surface area contributed by atoms with Crippen LogP contribution in [0, 0.1) is 0 Å². The minimum absolute atomic E-state index is 0.00843. The second-order valence-electron chi connectivity index (χ2n) is 5.60. The van der Waals surface area contributed by atoms with Gasteiger partial charge in [0.05, 0.1) is 0 Å². The van der Waals surface area contributed by atoms with Crippen molar-refractivity contribution in [2.24, 2.45) is 0 Å². The molecule has 0 spiro atoms. The Labute approximate surface area is 121 Å². The van der Waals surface area contributed by atoms with Gasteiger partial charge in [0.1, 0.15) is 6.04 Å². The van der Waals surface area contributed by atoms with Crippen LogP contribution in [0.2, 0.25) is 0 Å². The molecule has 2 heterocycles. The number of carbonyl (C=O) groups is 2. The molecule has 0 bridgehead atoms. The molecule has 2 saturated heterocycles. The zero-order chi connectivity index (χ0) is 15.6. The minimum Gasteiger partial charge on any atom is -0.340 e. The number of halogens is 3. The van der Waals surface area contributed by atoms with Gasteiger partial charge in [-0.2, -0.15) is 13.2 Å². The summed E-state index contributed by atoms with van der Waals surface area (Å²) in [5, 5.41) is 3.16. The van der Waals surface area contributed by atoms with Crippen molar-refractivity contribution >= 4 is 11.8 Å². The number of nitrogens with zero attached hydrogens (tertiary/aromatic N) is 2. The lowest BCUT2D eigenvalue weighted by Crippen LogP contribution is -2.54. The first-order chi connectivity index (χ1) is 9.82. The van der Waals surface area contributed by atoms with E-state index in [2.05, 4.69) is 5.32 Å². The van der Waals surface area contributed by atoms with Gasteiger partial charge in [-0.3, -0.25) is 9.59 Å². The molecular formula is C13H20F3N3O2. The van der Waals surface area contributed by atoms with E-state index >= 15 is 0 Å².